The van der Waals surface area contributed by atoms with Crippen molar-refractivity contribution < 1.29 is 17.9 Å². The number of alkyl halides is 2. The van der Waals surface area contributed by atoms with Gasteiger partial charge in [-0.25, -0.2) is 18.2 Å². The van der Waals surface area contributed by atoms with E-state index in [0.717, 1.165) is 11.1 Å². The molecular formula is C28H22F3N3O2. The Labute approximate surface area is 204 Å². The molecule has 1 aliphatic heterocycles. The number of benzene rings is 3. The second-order valence-electron chi connectivity index (χ2n) is 9.21. The second kappa shape index (κ2) is 8.55. The first-order valence-electron chi connectivity index (χ1n) is 11.8. The van der Waals surface area contributed by atoms with Crippen molar-refractivity contribution in [3.8, 4) is 5.75 Å². The molecule has 3 aromatic carbocycles. The largest absolute Gasteiger partial charge is 0.480 e. The number of anilines is 1. The van der Waals surface area contributed by atoms with Crippen molar-refractivity contribution >= 4 is 28.0 Å². The molecule has 1 atom stereocenters. The Morgan fingerprint density at radius 1 is 0.972 bits per heavy atom. The standard InChI is InChI=1S/C28H22F3N3O2/c29-20-14-21-19(24-25(27(35)33-21)36-15-28(30,31)26(34-24)18-11-12-18)13-22(20)32-23(16-7-3-1-4-8-16)17-9-5-2-6-10-17/h1-10,13-14,18,26,34H,11-12,15H2,(H,33,35)/t26-/m0/s1. The summed E-state index contributed by atoms with van der Waals surface area (Å²) in [4.78, 5) is 19.9. The van der Waals surface area contributed by atoms with Gasteiger partial charge in [-0.05, 0) is 24.8 Å². The number of aromatic nitrogens is 1. The van der Waals surface area contributed by atoms with Crippen molar-refractivity contribution in [2.75, 3.05) is 11.9 Å². The van der Waals surface area contributed by atoms with Gasteiger partial charge in [0, 0.05) is 22.6 Å². The summed E-state index contributed by atoms with van der Waals surface area (Å²) < 4.78 is 50.3. The van der Waals surface area contributed by atoms with Crippen molar-refractivity contribution in [3.63, 3.8) is 0 Å². The first-order valence-corrected chi connectivity index (χ1v) is 11.8. The van der Waals surface area contributed by atoms with Gasteiger partial charge in [0.1, 0.15) is 5.69 Å². The molecule has 6 rings (SSSR count). The van der Waals surface area contributed by atoms with Gasteiger partial charge < -0.3 is 15.0 Å². The van der Waals surface area contributed by atoms with E-state index in [9.17, 15) is 13.6 Å². The molecule has 2 N–H and O–H groups in total. The number of halogens is 3. The molecule has 0 radical (unpaired) electrons. The van der Waals surface area contributed by atoms with Gasteiger partial charge in [0.15, 0.2) is 12.4 Å². The highest BCUT2D eigenvalue weighted by molar-refractivity contribution is 6.14. The first-order chi connectivity index (χ1) is 17.4. The van der Waals surface area contributed by atoms with Crippen molar-refractivity contribution in [3.05, 3.63) is 100 Å². The van der Waals surface area contributed by atoms with E-state index in [-0.39, 0.29) is 28.6 Å². The Morgan fingerprint density at radius 2 is 1.61 bits per heavy atom. The lowest BCUT2D eigenvalue weighted by molar-refractivity contribution is -0.0578. The van der Waals surface area contributed by atoms with Crippen LogP contribution in [0.5, 0.6) is 5.75 Å². The van der Waals surface area contributed by atoms with E-state index in [1.165, 1.54) is 12.1 Å². The van der Waals surface area contributed by atoms with Crippen LogP contribution in [0.25, 0.3) is 10.9 Å². The number of aliphatic imine (C=N–C) groups is 1. The lowest BCUT2D eigenvalue weighted by Crippen LogP contribution is -2.44. The lowest BCUT2D eigenvalue weighted by Gasteiger charge is -2.25. The predicted octanol–water partition coefficient (Wildman–Crippen LogP) is 6.05. The van der Waals surface area contributed by atoms with E-state index in [1.807, 2.05) is 60.7 Å². The minimum absolute atomic E-state index is 0.0141. The number of hydrogen-bond donors (Lipinski definition) is 2. The number of rotatable bonds is 4. The number of H-pyrrole nitrogens is 1. The third-order valence-corrected chi connectivity index (χ3v) is 6.62. The molecule has 0 amide bonds. The van der Waals surface area contributed by atoms with E-state index in [1.54, 1.807) is 0 Å². The van der Waals surface area contributed by atoms with E-state index >= 15 is 4.39 Å². The fourth-order valence-electron chi connectivity index (χ4n) is 4.67. The molecule has 1 saturated carbocycles. The molecule has 5 nitrogen and oxygen atoms in total. The van der Waals surface area contributed by atoms with Gasteiger partial charge in [0.2, 0.25) is 5.75 Å². The molecule has 2 aliphatic rings. The second-order valence-corrected chi connectivity index (χ2v) is 9.21. The number of nitrogens with one attached hydrogen (secondary N) is 2. The highest BCUT2D eigenvalue weighted by atomic mass is 19.3. The fourth-order valence-corrected chi connectivity index (χ4v) is 4.67. The molecule has 0 unspecified atom stereocenters. The van der Waals surface area contributed by atoms with E-state index in [2.05, 4.69) is 15.3 Å². The van der Waals surface area contributed by atoms with Crippen LogP contribution in [0.1, 0.15) is 24.0 Å². The number of fused-ring (bicyclic) bond motifs is 3. The molecule has 2 heterocycles. The highest BCUT2D eigenvalue weighted by Gasteiger charge is 2.51. The first kappa shape index (κ1) is 22.4. The Hall–Kier alpha value is -4.07. The van der Waals surface area contributed by atoms with Gasteiger partial charge in [0.25, 0.3) is 5.56 Å². The van der Waals surface area contributed by atoms with Gasteiger partial charge >= 0.3 is 5.92 Å². The predicted molar refractivity (Wildman–Crippen MR) is 133 cm³/mol. The van der Waals surface area contributed by atoms with Crippen molar-refractivity contribution in [1.82, 2.24) is 4.98 Å². The number of hydrogen-bond acceptors (Lipinski definition) is 4. The Balaban J connectivity index is 1.55. The van der Waals surface area contributed by atoms with E-state index in [4.69, 9.17) is 4.74 Å². The summed E-state index contributed by atoms with van der Waals surface area (Å²) in [5.41, 5.74) is 1.77. The smallest absolute Gasteiger partial charge is 0.301 e. The number of aromatic amines is 1. The zero-order chi connectivity index (χ0) is 24.9. The van der Waals surface area contributed by atoms with Crippen LogP contribution in [-0.4, -0.2) is 29.3 Å². The summed E-state index contributed by atoms with van der Waals surface area (Å²) in [6.45, 7) is -0.902. The monoisotopic (exact) mass is 489 g/mol. The summed E-state index contributed by atoms with van der Waals surface area (Å²) in [7, 11) is 0. The SMILES string of the molecule is O=c1[nH]c2cc(F)c(N=C(c3ccccc3)c3ccccc3)cc2c2c1OCC(F)(F)[C@H](C1CC1)N2. The van der Waals surface area contributed by atoms with Crippen LogP contribution < -0.4 is 15.6 Å². The van der Waals surface area contributed by atoms with Crippen molar-refractivity contribution in [2.24, 2.45) is 10.9 Å². The molecule has 182 valence electrons. The summed E-state index contributed by atoms with van der Waals surface area (Å²) in [6.07, 6.45) is 1.34. The lowest BCUT2D eigenvalue weighted by atomic mass is 10.0. The molecule has 36 heavy (non-hydrogen) atoms. The molecule has 8 heteroatoms. The van der Waals surface area contributed by atoms with Crippen LogP contribution in [0.4, 0.5) is 24.5 Å². The minimum atomic E-state index is -3.16. The molecule has 1 aliphatic carbocycles. The third-order valence-electron chi connectivity index (χ3n) is 6.62. The normalized spacial score (nSPS) is 18.5. The highest BCUT2D eigenvalue weighted by Crippen LogP contribution is 2.45. The summed E-state index contributed by atoms with van der Waals surface area (Å²) in [5, 5.41) is 3.25. The quantitative estimate of drug-likeness (QED) is 0.343. The zero-order valence-electron chi connectivity index (χ0n) is 19.1. The fraction of sp³-hybridized carbons (Fsp3) is 0.214. The van der Waals surface area contributed by atoms with Gasteiger partial charge in [-0.3, -0.25) is 4.79 Å². The average Bonchev–Trinajstić information content (AvgIpc) is 3.72. The Kier molecular flexibility index (Phi) is 5.32. The zero-order valence-corrected chi connectivity index (χ0v) is 19.1. The molecule has 0 saturated heterocycles. The van der Waals surface area contributed by atoms with Gasteiger partial charge in [-0.1, -0.05) is 60.7 Å². The van der Waals surface area contributed by atoms with Crippen LogP contribution in [0.3, 0.4) is 0 Å². The molecule has 1 fully saturated rings. The van der Waals surface area contributed by atoms with Crippen molar-refractivity contribution in [2.45, 2.75) is 24.8 Å². The number of nitrogens with zero attached hydrogens (tertiary/aromatic N) is 1. The Bertz CT molecular complexity index is 1490. The van der Waals surface area contributed by atoms with Crippen LogP contribution in [0.2, 0.25) is 0 Å². The number of ether oxygens (including phenoxy) is 1. The maximum absolute atomic E-state index is 15.3. The topological polar surface area (TPSA) is 66.5 Å². The summed E-state index contributed by atoms with van der Waals surface area (Å²) >= 11 is 0. The minimum Gasteiger partial charge on any atom is -0.480 e. The van der Waals surface area contributed by atoms with Crippen LogP contribution in [0, 0.1) is 11.7 Å². The van der Waals surface area contributed by atoms with Crippen LogP contribution in [-0.2, 0) is 0 Å². The summed E-state index contributed by atoms with van der Waals surface area (Å²) in [6, 6.07) is 20.2. The van der Waals surface area contributed by atoms with Gasteiger partial charge in [-0.2, -0.15) is 0 Å². The van der Waals surface area contributed by atoms with Crippen molar-refractivity contribution in [1.29, 1.82) is 0 Å². The molecule has 0 spiro atoms. The van der Waals surface area contributed by atoms with E-state index < -0.39 is 29.9 Å². The average molecular weight is 489 g/mol. The third kappa shape index (κ3) is 4.02. The van der Waals surface area contributed by atoms with Crippen LogP contribution >= 0.6 is 0 Å². The number of pyridine rings is 1. The molecule has 0 bridgehead atoms. The molecular weight excluding hydrogens is 467 g/mol. The Morgan fingerprint density at radius 3 is 2.22 bits per heavy atom. The molecule has 1 aromatic heterocycles. The molecule has 4 aromatic rings. The summed E-state index contributed by atoms with van der Waals surface area (Å²) in [5.74, 6) is -4.25. The maximum Gasteiger partial charge on any atom is 0.301 e. The van der Waals surface area contributed by atoms with Gasteiger partial charge in [-0.15, -0.1) is 0 Å². The maximum atomic E-state index is 15.3. The van der Waals surface area contributed by atoms with Gasteiger partial charge in [0.05, 0.1) is 23.0 Å². The van der Waals surface area contributed by atoms with Crippen LogP contribution in [0.15, 0.2) is 82.6 Å². The van der Waals surface area contributed by atoms with E-state index in [0.29, 0.717) is 23.9 Å².